The van der Waals surface area contributed by atoms with Crippen LogP contribution in [0.4, 0.5) is 5.69 Å². The van der Waals surface area contributed by atoms with E-state index in [1.165, 1.54) is 25.7 Å². The zero-order chi connectivity index (χ0) is 15.1. The molecule has 2 rings (SSSR count). The Kier molecular flexibility index (Phi) is 6.36. The Hall–Kier alpha value is -1.23. The summed E-state index contributed by atoms with van der Waals surface area (Å²) in [6.07, 6.45) is 7.24. The average molecular weight is 355 g/mol. The Morgan fingerprint density at radius 3 is 2.67 bits per heavy atom. The van der Waals surface area contributed by atoms with E-state index in [0.29, 0.717) is 6.04 Å². The van der Waals surface area contributed by atoms with Crippen LogP contribution in [0.1, 0.15) is 38.5 Å². The van der Waals surface area contributed by atoms with Crippen molar-refractivity contribution >= 4 is 27.5 Å². The van der Waals surface area contributed by atoms with Crippen LogP contribution in [0.3, 0.4) is 0 Å². The molecule has 0 radical (unpaired) electrons. The van der Waals surface area contributed by atoms with E-state index in [1.807, 2.05) is 18.2 Å². The van der Waals surface area contributed by atoms with Crippen molar-refractivity contribution in [2.24, 2.45) is 0 Å². The minimum Gasteiger partial charge on any atom is -0.497 e. The molecule has 0 aromatic heterocycles. The molecule has 1 fully saturated rings. The summed E-state index contributed by atoms with van der Waals surface area (Å²) in [6.45, 7) is 0.280. The van der Waals surface area contributed by atoms with Crippen LogP contribution in [0.2, 0.25) is 0 Å². The Morgan fingerprint density at radius 1 is 1.29 bits per heavy atom. The third kappa shape index (κ3) is 5.23. The Bertz CT molecular complexity index is 471. The molecule has 0 aliphatic heterocycles. The highest BCUT2D eigenvalue weighted by atomic mass is 79.9. The normalized spacial score (nSPS) is 16.1. The second-order valence-corrected chi connectivity index (χ2v) is 6.31. The summed E-state index contributed by atoms with van der Waals surface area (Å²) in [5.74, 6) is 0.821. The number of ether oxygens (including phenoxy) is 1. The number of anilines is 1. The molecule has 0 saturated heterocycles. The molecule has 1 amide bonds. The van der Waals surface area contributed by atoms with E-state index in [1.54, 1.807) is 7.11 Å². The molecule has 116 valence electrons. The highest BCUT2D eigenvalue weighted by molar-refractivity contribution is 9.10. The second kappa shape index (κ2) is 8.27. The molecular formula is C16H23BrN2O2. The molecule has 2 N–H and O–H groups in total. The molecule has 0 atom stereocenters. The first-order valence-electron chi connectivity index (χ1n) is 7.56. The predicted octanol–water partition coefficient (Wildman–Crippen LogP) is 3.71. The molecule has 1 aromatic carbocycles. The van der Waals surface area contributed by atoms with Gasteiger partial charge < -0.3 is 15.4 Å². The number of benzene rings is 1. The number of nitrogens with one attached hydrogen (secondary N) is 2. The van der Waals surface area contributed by atoms with Gasteiger partial charge in [0.05, 0.1) is 19.3 Å². The SMILES string of the molecule is COc1ccc(Br)c(NCC(=O)NC2CCCCCC2)c1. The molecular weight excluding hydrogens is 332 g/mol. The lowest BCUT2D eigenvalue weighted by atomic mass is 10.1. The van der Waals surface area contributed by atoms with Gasteiger partial charge in [-0.05, 0) is 40.9 Å². The van der Waals surface area contributed by atoms with E-state index in [0.717, 1.165) is 28.8 Å². The lowest BCUT2D eigenvalue weighted by Gasteiger charge is -2.17. The number of hydrogen-bond donors (Lipinski definition) is 2. The largest absolute Gasteiger partial charge is 0.497 e. The van der Waals surface area contributed by atoms with E-state index < -0.39 is 0 Å². The van der Waals surface area contributed by atoms with Gasteiger partial charge in [0.1, 0.15) is 5.75 Å². The number of carbonyl (C=O) groups is 1. The maximum Gasteiger partial charge on any atom is 0.239 e. The zero-order valence-electron chi connectivity index (χ0n) is 12.5. The summed E-state index contributed by atoms with van der Waals surface area (Å²) in [7, 11) is 1.63. The van der Waals surface area contributed by atoms with Gasteiger partial charge in [-0.15, -0.1) is 0 Å². The first-order chi connectivity index (χ1) is 10.2. The molecule has 21 heavy (non-hydrogen) atoms. The van der Waals surface area contributed by atoms with Crippen LogP contribution in [-0.2, 0) is 4.79 Å². The van der Waals surface area contributed by atoms with Gasteiger partial charge in [0, 0.05) is 16.6 Å². The molecule has 0 unspecified atom stereocenters. The summed E-state index contributed by atoms with van der Waals surface area (Å²) in [6, 6.07) is 6.00. The summed E-state index contributed by atoms with van der Waals surface area (Å²) in [4.78, 5) is 12.0. The van der Waals surface area contributed by atoms with Crippen LogP contribution in [0.15, 0.2) is 22.7 Å². The van der Waals surface area contributed by atoms with E-state index in [-0.39, 0.29) is 12.5 Å². The van der Waals surface area contributed by atoms with Crippen molar-refractivity contribution in [3.8, 4) is 5.75 Å². The number of methoxy groups -OCH3 is 1. The minimum atomic E-state index is 0.0524. The monoisotopic (exact) mass is 354 g/mol. The molecule has 0 bridgehead atoms. The number of carbonyl (C=O) groups excluding carboxylic acids is 1. The predicted molar refractivity (Wildman–Crippen MR) is 88.8 cm³/mol. The first-order valence-corrected chi connectivity index (χ1v) is 8.35. The lowest BCUT2D eigenvalue weighted by Crippen LogP contribution is -2.38. The summed E-state index contributed by atoms with van der Waals surface area (Å²) in [5.41, 5.74) is 0.866. The van der Waals surface area contributed by atoms with Crippen molar-refractivity contribution in [1.82, 2.24) is 5.32 Å². The fourth-order valence-electron chi connectivity index (χ4n) is 2.64. The van der Waals surface area contributed by atoms with Gasteiger partial charge in [-0.25, -0.2) is 0 Å². The van der Waals surface area contributed by atoms with E-state index in [4.69, 9.17) is 4.74 Å². The second-order valence-electron chi connectivity index (χ2n) is 5.46. The van der Waals surface area contributed by atoms with Gasteiger partial charge >= 0.3 is 0 Å². The van der Waals surface area contributed by atoms with Crippen molar-refractivity contribution in [2.75, 3.05) is 19.0 Å². The van der Waals surface area contributed by atoms with Crippen molar-refractivity contribution in [3.63, 3.8) is 0 Å². The number of halogens is 1. The van der Waals surface area contributed by atoms with Crippen LogP contribution in [-0.4, -0.2) is 25.6 Å². The fraction of sp³-hybridized carbons (Fsp3) is 0.562. The molecule has 0 spiro atoms. The number of hydrogen-bond acceptors (Lipinski definition) is 3. The zero-order valence-corrected chi connectivity index (χ0v) is 14.0. The molecule has 5 heteroatoms. The Labute approximate surface area is 134 Å². The van der Waals surface area contributed by atoms with Crippen LogP contribution in [0.5, 0.6) is 5.75 Å². The van der Waals surface area contributed by atoms with Crippen molar-refractivity contribution in [1.29, 1.82) is 0 Å². The smallest absolute Gasteiger partial charge is 0.239 e. The standard InChI is InChI=1S/C16H23BrN2O2/c1-21-13-8-9-14(17)15(10-13)18-11-16(20)19-12-6-4-2-3-5-7-12/h8-10,12,18H,2-7,11H2,1H3,(H,19,20). The summed E-state index contributed by atoms with van der Waals surface area (Å²) >= 11 is 3.47. The van der Waals surface area contributed by atoms with Crippen LogP contribution in [0.25, 0.3) is 0 Å². The molecule has 1 saturated carbocycles. The van der Waals surface area contributed by atoms with Crippen molar-refractivity contribution in [3.05, 3.63) is 22.7 Å². The molecule has 1 aliphatic carbocycles. The van der Waals surface area contributed by atoms with Gasteiger partial charge in [-0.3, -0.25) is 4.79 Å². The molecule has 1 aromatic rings. The van der Waals surface area contributed by atoms with Gasteiger partial charge in [0.25, 0.3) is 0 Å². The van der Waals surface area contributed by atoms with Gasteiger partial charge in [-0.2, -0.15) is 0 Å². The maximum absolute atomic E-state index is 12.0. The number of rotatable bonds is 5. The quantitative estimate of drug-likeness (QED) is 0.792. The topological polar surface area (TPSA) is 50.4 Å². The van der Waals surface area contributed by atoms with E-state index in [2.05, 4.69) is 26.6 Å². The molecule has 0 heterocycles. The first kappa shape index (κ1) is 16.1. The Balaban J connectivity index is 1.83. The van der Waals surface area contributed by atoms with Crippen LogP contribution >= 0.6 is 15.9 Å². The molecule has 1 aliphatic rings. The highest BCUT2D eigenvalue weighted by Gasteiger charge is 2.14. The fourth-order valence-corrected chi connectivity index (χ4v) is 3.03. The highest BCUT2D eigenvalue weighted by Crippen LogP contribution is 2.26. The summed E-state index contributed by atoms with van der Waals surface area (Å²) in [5, 5.41) is 6.28. The maximum atomic E-state index is 12.0. The van der Waals surface area contributed by atoms with E-state index in [9.17, 15) is 4.79 Å². The van der Waals surface area contributed by atoms with Crippen LogP contribution < -0.4 is 15.4 Å². The van der Waals surface area contributed by atoms with Crippen molar-refractivity contribution in [2.45, 2.75) is 44.6 Å². The summed E-state index contributed by atoms with van der Waals surface area (Å²) < 4.78 is 6.11. The third-order valence-corrected chi connectivity index (χ3v) is 4.52. The van der Waals surface area contributed by atoms with Crippen molar-refractivity contribution < 1.29 is 9.53 Å². The minimum absolute atomic E-state index is 0.0524. The van der Waals surface area contributed by atoms with Crippen LogP contribution in [0, 0.1) is 0 Å². The lowest BCUT2D eigenvalue weighted by molar-refractivity contribution is -0.120. The number of amides is 1. The van der Waals surface area contributed by atoms with Gasteiger partial charge in [-0.1, -0.05) is 25.7 Å². The third-order valence-electron chi connectivity index (χ3n) is 3.83. The Morgan fingerprint density at radius 2 is 2.00 bits per heavy atom. The van der Waals surface area contributed by atoms with E-state index >= 15 is 0 Å². The van der Waals surface area contributed by atoms with Gasteiger partial charge in [0.15, 0.2) is 0 Å². The molecule has 4 nitrogen and oxygen atoms in total. The van der Waals surface area contributed by atoms with Gasteiger partial charge in [0.2, 0.25) is 5.91 Å². The average Bonchev–Trinajstić information content (AvgIpc) is 2.75.